The molecule has 1 saturated heterocycles. The Labute approximate surface area is 191 Å². The zero-order valence-corrected chi connectivity index (χ0v) is 19.1. The van der Waals surface area contributed by atoms with Gasteiger partial charge in [-0.1, -0.05) is 11.6 Å². The number of hydrogen-bond donors (Lipinski definition) is 2. The first-order valence-electron chi connectivity index (χ1n) is 10.7. The molecule has 10 heteroatoms. The molecule has 1 aliphatic rings. The van der Waals surface area contributed by atoms with Crippen molar-refractivity contribution in [3.63, 3.8) is 0 Å². The number of benzene rings is 1. The first kappa shape index (κ1) is 22.3. The molecular formula is C22H27ClN6O3. The maximum Gasteiger partial charge on any atom is 0.234 e. The third kappa shape index (κ3) is 5.28. The van der Waals surface area contributed by atoms with Crippen molar-refractivity contribution in [3.8, 4) is 17.4 Å². The van der Waals surface area contributed by atoms with Gasteiger partial charge in [0.2, 0.25) is 5.88 Å². The lowest BCUT2D eigenvalue weighted by molar-refractivity contribution is 0.242. The zero-order valence-electron chi connectivity index (χ0n) is 18.4. The molecule has 2 N–H and O–H groups in total. The Kier molecular flexibility index (Phi) is 7.06. The molecule has 9 nitrogen and oxygen atoms in total. The summed E-state index contributed by atoms with van der Waals surface area (Å²) in [6.45, 7) is 5.63. The third-order valence-electron chi connectivity index (χ3n) is 5.09. The average molecular weight is 459 g/mol. The maximum atomic E-state index is 6.22. The van der Waals surface area contributed by atoms with Crippen molar-refractivity contribution in [3.05, 3.63) is 29.8 Å². The highest BCUT2D eigenvalue weighted by Crippen LogP contribution is 2.36. The van der Waals surface area contributed by atoms with Crippen LogP contribution >= 0.6 is 11.6 Å². The van der Waals surface area contributed by atoms with E-state index in [9.17, 15) is 0 Å². The number of anilines is 2. The summed E-state index contributed by atoms with van der Waals surface area (Å²) in [5.74, 6) is 2.47. The zero-order chi connectivity index (χ0) is 22.5. The van der Waals surface area contributed by atoms with Crippen LogP contribution in [0.25, 0.3) is 10.9 Å². The number of halogens is 1. The lowest BCUT2D eigenvalue weighted by Gasteiger charge is -2.17. The SMILES string of the molecule is COc1cnc(Cl)c(Nc2ncnc3cc(OCCC4CCCN4)cc(OC(C)C)c23)n1. The van der Waals surface area contributed by atoms with Crippen molar-refractivity contribution in [2.24, 2.45) is 0 Å². The predicted octanol–water partition coefficient (Wildman–Crippen LogP) is 4.13. The predicted molar refractivity (Wildman–Crippen MR) is 123 cm³/mol. The van der Waals surface area contributed by atoms with Gasteiger partial charge in [0, 0.05) is 18.2 Å². The third-order valence-corrected chi connectivity index (χ3v) is 5.36. The molecule has 1 unspecified atom stereocenters. The van der Waals surface area contributed by atoms with Crippen molar-refractivity contribution in [1.29, 1.82) is 0 Å². The molecule has 1 aromatic carbocycles. The molecule has 0 saturated carbocycles. The first-order chi connectivity index (χ1) is 15.5. The summed E-state index contributed by atoms with van der Waals surface area (Å²) in [7, 11) is 1.51. The van der Waals surface area contributed by atoms with Gasteiger partial charge in [-0.15, -0.1) is 0 Å². The minimum Gasteiger partial charge on any atom is -0.493 e. The minimum atomic E-state index is -0.0515. The summed E-state index contributed by atoms with van der Waals surface area (Å²) in [6.07, 6.45) is 6.25. The molecule has 32 heavy (non-hydrogen) atoms. The van der Waals surface area contributed by atoms with Gasteiger partial charge in [-0.2, -0.15) is 4.98 Å². The highest BCUT2D eigenvalue weighted by molar-refractivity contribution is 6.31. The van der Waals surface area contributed by atoms with Crippen molar-refractivity contribution in [1.82, 2.24) is 25.3 Å². The van der Waals surface area contributed by atoms with Crippen LogP contribution in [0.15, 0.2) is 24.7 Å². The number of nitrogens with one attached hydrogen (secondary N) is 2. The summed E-state index contributed by atoms with van der Waals surface area (Å²) < 4.78 is 17.3. The molecular weight excluding hydrogens is 432 g/mol. The number of nitrogens with zero attached hydrogens (tertiary/aromatic N) is 4. The summed E-state index contributed by atoms with van der Waals surface area (Å²) in [6, 6.07) is 4.28. The fourth-order valence-electron chi connectivity index (χ4n) is 3.62. The maximum absolute atomic E-state index is 6.22. The van der Waals surface area contributed by atoms with Crippen LogP contribution in [0.1, 0.15) is 33.1 Å². The minimum absolute atomic E-state index is 0.0515. The van der Waals surface area contributed by atoms with Gasteiger partial charge in [0.25, 0.3) is 0 Å². The van der Waals surface area contributed by atoms with Crippen molar-refractivity contribution in [2.75, 3.05) is 25.6 Å². The van der Waals surface area contributed by atoms with Gasteiger partial charge in [0.15, 0.2) is 11.0 Å². The second-order valence-corrected chi connectivity index (χ2v) is 8.17. The van der Waals surface area contributed by atoms with Crippen LogP contribution in [0.4, 0.5) is 11.6 Å². The van der Waals surface area contributed by atoms with E-state index in [1.54, 1.807) is 0 Å². The van der Waals surface area contributed by atoms with E-state index < -0.39 is 0 Å². The normalized spacial score (nSPS) is 15.8. The standard InChI is InChI=1S/C22H27ClN6O3/c1-13(2)32-17-10-15(31-8-6-14-5-4-7-24-14)9-16-19(17)21(27-12-26-16)29-22-20(23)25-11-18(28-22)30-3/h9-14,24H,4-8H2,1-3H3,(H,26,27,28,29). The number of rotatable bonds is 9. The first-order valence-corrected chi connectivity index (χ1v) is 11.1. The Morgan fingerprint density at radius 3 is 2.84 bits per heavy atom. The van der Waals surface area contributed by atoms with Crippen LogP contribution in [-0.2, 0) is 0 Å². The molecule has 0 aliphatic carbocycles. The summed E-state index contributed by atoms with van der Waals surface area (Å²) >= 11 is 6.22. The topological polar surface area (TPSA) is 103 Å². The lowest BCUT2D eigenvalue weighted by atomic mass is 10.1. The number of methoxy groups -OCH3 is 1. The highest BCUT2D eigenvalue weighted by atomic mass is 35.5. The highest BCUT2D eigenvalue weighted by Gasteiger charge is 2.18. The van der Waals surface area contributed by atoms with Crippen LogP contribution in [0.2, 0.25) is 5.15 Å². The number of hydrogen-bond acceptors (Lipinski definition) is 9. The van der Waals surface area contributed by atoms with Crippen LogP contribution in [0, 0.1) is 0 Å². The smallest absolute Gasteiger partial charge is 0.234 e. The summed E-state index contributed by atoms with van der Waals surface area (Å²) in [4.78, 5) is 17.2. The molecule has 3 heterocycles. The van der Waals surface area contributed by atoms with E-state index in [2.05, 4.69) is 30.6 Å². The van der Waals surface area contributed by atoms with Gasteiger partial charge in [-0.25, -0.2) is 15.0 Å². The van der Waals surface area contributed by atoms with E-state index in [1.807, 2.05) is 26.0 Å². The Bertz CT molecular complexity index is 1070. The van der Waals surface area contributed by atoms with Crippen molar-refractivity contribution < 1.29 is 14.2 Å². The van der Waals surface area contributed by atoms with E-state index >= 15 is 0 Å². The Hall–Kier alpha value is -2.91. The molecule has 1 atom stereocenters. The van der Waals surface area contributed by atoms with Gasteiger partial charge in [0.05, 0.1) is 36.9 Å². The quantitative estimate of drug-likeness (QED) is 0.489. The molecule has 0 amide bonds. The molecule has 0 bridgehead atoms. The molecule has 0 spiro atoms. The molecule has 2 aromatic heterocycles. The molecule has 3 aromatic rings. The molecule has 1 aliphatic heterocycles. The van der Waals surface area contributed by atoms with Crippen molar-refractivity contribution >= 4 is 34.1 Å². The van der Waals surface area contributed by atoms with Gasteiger partial charge >= 0.3 is 0 Å². The Morgan fingerprint density at radius 2 is 2.09 bits per heavy atom. The van der Waals surface area contributed by atoms with Crippen LogP contribution in [0.3, 0.4) is 0 Å². The van der Waals surface area contributed by atoms with Crippen LogP contribution in [-0.4, -0.2) is 52.3 Å². The van der Waals surface area contributed by atoms with E-state index in [0.29, 0.717) is 52.6 Å². The van der Waals surface area contributed by atoms with E-state index in [-0.39, 0.29) is 11.3 Å². The fourth-order valence-corrected chi connectivity index (χ4v) is 3.76. The average Bonchev–Trinajstić information content (AvgIpc) is 3.28. The van der Waals surface area contributed by atoms with Gasteiger partial charge in [-0.05, 0) is 39.7 Å². The second-order valence-electron chi connectivity index (χ2n) is 7.81. The number of ether oxygens (including phenoxy) is 3. The fraction of sp³-hybridized carbons (Fsp3) is 0.455. The van der Waals surface area contributed by atoms with E-state index in [0.717, 1.165) is 13.0 Å². The monoisotopic (exact) mass is 458 g/mol. The van der Waals surface area contributed by atoms with E-state index in [1.165, 1.54) is 32.5 Å². The largest absolute Gasteiger partial charge is 0.493 e. The lowest BCUT2D eigenvalue weighted by Crippen LogP contribution is -2.23. The van der Waals surface area contributed by atoms with Gasteiger partial charge in [0.1, 0.15) is 23.6 Å². The summed E-state index contributed by atoms with van der Waals surface area (Å²) in [5, 5.41) is 7.53. The number of fused-ring (bicyclic) bond motifs is 1. The number of aromatic nitrogens is 4. The molecule has 170 valence electrons. The molecule has 1 fully saturated rings. The van der Waals surface area contributed by atoms with Gasteiger partial charge < -0.3 is 24.8 Å². The van der Waals surface area contributed by atoms with Gasteiger partial charge in [-0.3, -0.25) is 0 Å². The second kappa shape index (κ2) is 10.1. The van der Waals surface area contributed by atoms with Crippen LogP contribution < -0.4 is 24.8 Å². The molecule has 0 radical (unpaired) electrons. The summed E-state index contributed by atoms with van der Waals surface area (Å²) in [5.41, 5.74) is 0.682. The Morgan fingerprint density at radius 1 is 1.22 bits per heavy atom. The van der Waals surface area contributed by atoms with Crippen LogP contribution in [0.5, 0.6) is 17.4 Å². The van der Waals surface area contributed by atoms with Crippen molar-refractivity contribution in [2.45, 2.75) is 45.3 Å². The van der Waals surface area contributed by atoms with E-state index in [4.69, 9.17) is 25.8 Å². The Balaban J connectivity index is 1.65. The molecule has 4 rings (SSSR count).